The molecular weight excluding hydrogens is 526 g/mol. The molecule has 0 bridgehead atoms. The van der Waals surface area contributed by atoms with Crippen molar-refractivity contribution in [2.75, 3.05) is 5.75 Å². The van der Waals surface area contributed by atoms with E-state index in [9.17, 15) is 27.2 Å². The average Bonchev–Trinajstić information content (AvgIpc) is 3.08. The lowest BCUT2D eigenvalue weighted by molar-refractivity contribution is -0.116. The molecule has 0 unspecified atom stereocenters. The van der Waals surface area contributed by atoms with Crippen LogP contribution in [0.15, 0.2) is 56.3 Å². The molecule has 0 aliphatic rings. The van der Waals surface area contributed by atoms with Gasteiger partial charge in [-0.3, -0.25) is 9.59 Å². The molecule has 4 rings (SSSR count). The molecule has 0 spiro atoms. The second kappa shape index (κ2) is 9.10. The number of nitrogens with zero attached hydrogens (tertiary/aromatic N) is 1. The van der Waals surface area contributed by atoms with Crippen molar-refractivity contribution in [3.05, 3.63) is 89.6 Å². The van der Waals surface area contributed by atoms with Gasteiger partial charge in [0.1, 0.15) is 20.1 Å². The van der Waals surface area contributed by atoms with Crippen molar-refractivity contribution in [1.82, 2.24) is 9.55 Å². The van der Waals surface area contributed by atoms with Crippen molar-refractivity contribution in [3.8, 4) is 5.69 Å². The van der Waals surface area contributed by atoms with Crippen molar-refractivity contribution in [1.29, 1.82) is 0 Å². The van der Waals surface area contributed by atoms with E-state index in [1.807, 2.05) is 0 Å². The highest BCUT2D eigenvalue weighted by molar-refractivity contribution is 7.94. The van der Waals surface area contributed by atoms with Gasteiger partial charge in [0.2, 0.25) is 0 Å². The maximum Gasteiger partial charge on any atom is 0.333 e. The minimum atomic E-state index is -3.96. The van der Waals surface area contributed by atoms with E-state index in [4.69, 9.17) is 23.2 Å². The third kappa shape index (κ3) is 4.72. The first-order valence-electron chi connectivity index (χ1n) is 9.70. The van der Waals surface area contributed by atoms with Crippen LogP contribution in [0.25, 0.3) is 16.6 Å². The van der Waals surface area contributed by atoms with Crippen LogP contribution in [0.3, 0.4) is 0 Å². The molecule has 0 amide bonds. The SMILES string of the molecule is Cc1ccc2c(=O)n(-c3ccc(CC(=O)CS(=O)(=O)c4cc(Cl)c(Cl)s4)cc3F)c(=O)[nH]c2c1. The largest absolute Gasteiger partial charge is 0.333 e. The highest BCUT2D eigenvalue weighted by Gasteiger charge is 2.23. The molecule has 2 aromatic heterocycles. The van der Waals surface area contributed by atoms with Crippen LogP contribution in [-0.2, 0) is 21.1 Å². The second-order valence-electron chi connectivity index (χ2n) is 7.57. The fraction of sp³-hybridized carbons (Fsp3) is 0.136. The van der Waals surface area contributed by atoms with Crippen LogP contribution in [0.1, 0.15) is 11.1 Å². The molecule has 176 valence electrons. The Labute approximate surface area is 206 Å². The second-order valence-corrected chi connectivity index (χ2v) is 11.8. The Hall–Kier alpha value is -2.79. The first kappa shape index (κ1) is 24.3. The minimum absolute atomic E-state index is 0.0735. The van der Waals surface area contributed by atoms with Gasteiger partial charge in [0.15, 0.2) is 15.6 Å². The summed E-state index contributed by atoms with van der Waals surface area (Å²) in [6.07, 6.45) is -0.370. The van der Waals surface area contributed by atoms with Crippen LogP contribution in [0.5, 0.6) is 0 Å². The standard InChI is InChI=1S/C22H15Cl2FN2O5S2/c1-11-2-4-14-17(6-11)26-22(30)27(21(14)29)18-5-3-12(8-16(18)25)7-13(28)10-34(31,32)19-9-15(23)20(24)33-19/h2-6,8-9H,7,10H2,1H3,(H,26,30). The van der Waals surface area contributed by atoms with Crippen molar-refractivity contribution in [2.45, 2.75) is 17.6 Å². The first-order chi connectivity index (χ1) is 16.0. The minimum Gasteiger partial charge on any atom is -0.306 e. The van der Waals surface area contributed by atoms with Gasteiger partial charge in [0, 0.05) is 6.42 Å². The number of nitrogens with one attached hydrogen (secondary N) is 1. The van der Waals surface area contributed by atoms with Gasteiger partial charge in [-0.15, -0.1) is 11.3 Å². The zero-order valence-corrected chi connectivity index (χ0v) is 20.5. The molecule has 0 fully saturated rings. The van der Waals surface area contributed by atoms with E-state index in [-0.39, 0.29) is 36.6 Å². The highest BCUT2D eigenvalue weighted by Crippen LogP contribution is 2.34. The van der Waals surface area contributed by atoms with Gasteiger partial charge >= 0.3 is 5.69 Å². The van der Waals surface area contributed by atoms with E-state index in [1.165, 1.54) is 18.2 Å². The lowest BCUT2D eigenvalue weighted by Gasteiger charge is -2.09. The highest BCUT2D eigenvalue weighted by atomic mass is 35.5. The molecule has 0 radical (unpaired) electrons. The van der Waals surface area contributed by atoms with E-state index in [0.29, 0.717) is 10.1 Å². The summed E-state index contributed by atoms with van der Waals surface area (Å²) in [5.41, 5.74) is -0.438. The number of sulfone groups is 1. The molecule has 12 heteroatoms. The Morgan fingerprint density at radius 3 is 2.50 bits per heavy atom. The summed E-state index contributed by atoms with van der Waals surface area (Å²) >= 11 is 12.3. The third-order valence-electron chi connectivity index (χ3n) is 4.99. The number of thiophene rings is 1. The number of hydrogen-bond acceptors (Lipinski definition) is 6. The number of carbonyl (C=O) groups is 1. The maximum atomic E-state index is 14.9. The monoisotopic (exact) mass is 540 g/mol. The molecule has 1 N–H and O–H groups in total. The quantitative estimate of drug-likeness (QED) is 0.396. The number of rotatable bonds is 6. The molecule has 2 heterocycles. The number of aromatic nitrogens is 2. The Bertz CT molecular complexity index is 1670. The van der Waals surface area contributed by atoms with Gasteiger partial charge in [0.25, 0.3) is 5.56 Å². The van der Waals surface area contributed by atoms with Gasteiger partial charge in [-0.25, -0.2) is 22.2 Å². The van der Waals surface area contributed by atoms with Gasteiger partial charge in [0.05, 0.1) is 21.6 Å². The van der Waals surface area contributed by atoms with E-state index in [1.54, 1.807) is 25.1 Å². The van der Waals surface area contributed by atoms with Crippen LogP contribution in [0.2, 0.25) is 9.36 Å². The smallest absolute Gasteiger partial charge is 0.306 e. The molecule has 0 aliphatic heterocycles. The summed E-state index contributed by atoms with van der Waals surface area (Å²) in [6, 6.07) is 9.59. The van der Waals surface area contributed by atoms with Gasteiger partial charge < -0.3 is 4.98 Å². The van der Waals surface area contributed by atoms with Crippen LogP contribution < -0.4 is 11.2 Å². The predicted octanol–water partition coefficient (Wildman–Crippen LogP) is 4.08. The van der Waals surface area contributed by atoms with Crippen molar-refractivity contribution in [2.24, 2.45) is 0 Å². The first-order valence-corrected chi connectivity index (χ1v) is 12.9. The summed E-state index contributed by atoms with van der Waals surface area (Å²) < 4.78 is 40.4. The number of aryl methyl sites for hydroxylation is 1. The lowest BCUT2D eigenvalue weighted by atomic mass is 10.1. The number of fused-ring (bicyclic) bond motifs is 1. The van der Waals surface area contributed by atoms with Gasteiger partial charge in [-0.2, -0.15) is 0 Å². The van der Waals surface area contributed by atoms with Gasteiger partial charge in [-0.1, -0.05) is 35.3 Å². The van der Waals surface area contributed by atoms with Crippen molar-refractivity contribution >= 4 is 61.1 Å². The summed E-state index contributed by atoms with van der Waals surface area (Å²) in [7, 11) is -3.96. The third-order valence-corrected chi connectivity index (χ3v) is 9.09. The summed E-state index contributed by atoms with van der Waals surface area (Å²) in [5, 5.41) is 0.284. The van der Waals surface area contributed by atoms with Crippen LogP contribution >= 0.6 is 34.5 Å². The lowest BCUT2D eigenvalue weighted by Crippen LogP contribution is -2.34. The van der Waals surface area contributed by atoms with E-state index in [2.05, 4.69) is 4.98 Å². The molecule has 34 heavy (non-hydrogen) atoms. The fourth-order valence-electron chi connectivity index (χ4n) is 3.43. The topological polar surface area (TPSA) is 106 Å². The van der Waals surface area contributed by atoms with Crippen LogP contribution in [0, 0.1) is 12.7 Å². The number of halogens is 3. The predicted molar refractivity (Wildman–Crippen MR) is 130 cm³/mol. The van der Waals surface area contributed by atoms with E-state index >= 15 is 0 Å². The number of Topliss-reactive ketones (excluding diaryl/α,β-unsaturated/α-hetero) is 1. The number of ketones is 1. The normalized spacial score (nSPS) is 11.8. The zero-order chi connectivity index (χ0) is 24.8. The molecular formula is C22H15Cl2FN2O5S2. The molecule has 0 saturated heterocycles. The van der Waals surface area contributed by atoms with E-state index < -0.39 is 38.4 Å². The summed E-state index contributed by atoms with van der Waals surface area (Å²) in [4.78, 5) is 40.3. The number of aromatic amines is 1. The fourth-order valence-corrected chi connectivity index (χ4v) is 6.64. The molecule has 2 aromatic carbocycles. The molecule has 0 saturated carbocycles. The Morgan fingerprint density at radius 2 is 1.85 bits per heavy atom. The molecule has 0 aliphatic carbocycles. The van der Waals surface area contributed by atoms with Crippen molar-refractivity contribution in [3.63, 3.8) is 0 Å². The summed E-state index contributed by atoms with van der Waals surface area (Å²) in [5.74, 6) is -2.40. The maximum absolute atomic E-state index is 14.9. The molecule has 4 aromatic rings. The van der Waals surface area contributed by atoms with E-state index in [0.717, 1.165) is 23.0 Å². The number of H-pyrrole nitrogens is 1. The zero-order valence-electron chi connectivity index (χ0n) is 17.4. The molecule has 0 atom stereocenters. The van der Waals surface area contributed by atoms with Crippen LogP contribution in [0.4, 0.5) is 4.39 Å². The number of carbonyl (C=O) groups excluding carboxylic acids is 1. The van der Waals surface area contributed by atoms with Crippen LogP contribution in [-0.4, -0.2) is 29.5 Å². The number of hydrogen-bond donors (Lipinski definition) is 1. The van der Waals surface area contributed by atoms with Crippen molar-refractivity contribution < 1.29 is 17.6 Å². The molecule has 7 nitrogen and oxygen atoms in total. The average molecular weight is 541 g/mol. The Balaban J connectivity index is 1.61. The Morgan fingerprint density at radius 1 is 1.12 bits per heavy atom. The summed E-state index contributed by atoms with van der Waals surface area (Å²) in [6.45, 7) is 1.80. The Kier molecular flexibility index (Phi) is 6.52. The number of benzene rings is 2. The van der Waals surface area contributed by atoms with Gasteiger partial charge in [-0.05, 0) is 48.4 Å².